The number of nitrogens with one attached hydrogen (secondary N) is 1. The summed E-state index contributed by atoms with van der Waals surface area (Å²) in [6.07, 6.45) is -0.204. The standard InChI is InChI=1S/C17H25NO5/c1-12-6-4-5-7-14(12)23-11-16(19)18-8-13-9-22-10-15(20-2)17(13)21-3/h4-7,13,15,17H,8-11H2,1-3H3,(H,18,19)/t13-,15-,17+/m1/s1. The van der Waals surface area contributed by atoms with Crippen LogP contribution in [0.25, 0.3) is 0 Å². The van der Waals surface area contributed by atoms with Crippen molar-refractivity contribution in [3.63, 3.8) is 0 Å². The predicted molar refractivity (Wildman–Crippen MR) is 85.6 cm³/mol. The molecular formula is C17H25NO5. The monoisotopic (exact) mass is 323 g/mol. The van der Waals surface area contributed by atoms with Gasteiger partial charge in [0.1, 0.15) is 11.9 Å². The zero-order valence-electron chi connectivity index (χ0n) is 13.9. The van der Waals surface area contributed by atoms with Crippen molar-refractivity contribution >= 4 is 5.91 Å². The lowest BCUT2D eigenvalue weighted by Gasteiger charge is -2.36. The molecule has 6 nitrogen and oxygen atoms in total. The largest absolute Gasteiger partial charge is 0.484 e. The van der Waals surface area contributed by atoms with Crippen molar-refractivity contribution in [1.29, 1.82) is 0 Å². The molecule has 1 N–H and O–H groups in total. The number of carbonyl (C=O) groups excluding carboxylic acids is 1. The maximum absolute atomic E-state index is 12.0. The van der Waals surface area contributed by atoms with E-state index < -0.39 is 0 Å². The lowest BCUT2D eigenvalue weighted by atomic mass is 9.96. The van der Waals surface area contributed by atoms with Crippen LogP contribution in [0.4, 0.5) is 0 Å². The lowest BCUT2D eigenvalue weighted by Crippen LogP contribution is -2.50. The summed E-state index contributed by atoms with van der Waals surface area (Å²) in [6.45, 7) is 3.45. The predicted octanol–water partition coefficient (Wildman–Crippen LogP) is 1.17. The Hall–Kier alpha value is -1.63. The molecule has 1 amide bonds. The van der Waals surface area contributed by atoms with Gasteiger partial charge in [-0.1, -0.05) is 18.2 Å². The summed E-state index contributed by atoms with van der Waals surface area (Å²) in [5.41, 5.74) is 1.00. The topological polar surface area (TPSA) is 66.0 Å². The smallest absolute Gasteiger partial charge is 0.257 e. The zero-order valence-corrected chi connectivity index (χ0v) is 13.9. The third kappa shape index (κ3) is 4.92. The maximum atomic E-state index is 12.0. The second kappa shape index (κ2) is 8.86. The number of aryl methyl sites for hydroxylation is 1. The SMILES string of the molecule is CO[C@H]1[C@H](CNC(=O)COc2ccccc2C)COC[C@H]1OC. The molecule has 0 radical (unpaired) electrons. The number of carbonyl (C=O) groups is 1. The lowest BCUT2D eigenvalue weighted by molar-refractivity contribution is -0.147. The summed E-state index contributed by atoms with van der Waals surface area (Å²) in [4.78, 5) is 12.0. The Kier molecular flexibility index (Phi) is 6.83. The molecule has 1 aromatic rings. The Morgan fingerprint density at radius 2 is 2.04 bits per heavy atom. The van der Waals surface area contributed by atoms with Gasteiger partial charge in [-0.2, -0.15) is 0 Å². The number of para-hydroxylation sites is 1. The molecule has 3 atom stereocenters. The molecule has 0 aromatic heterocycles. The van der Waals surface area contributed by atoms with Gasteiger partial charge in [-0.05, 0) is 18.6 Å². The van der Waals surface area contributed by atoms with Crippen molar-refractivity contribution < 1.29 is 23.7 Å². The highest BCUT2D eigenvalue weighted by Crippen LogP contribution is 2.20. The maximum Gasteiger partial charge on any atom is 0.257 e. The Bertz CT molecular complexity index is 508. The van der Waals surface area contributed by atoms with E-state index in [4.69, 9.17) is 18.9 Å². The second-order valence-corrected chi connectivity index (χ2v) is 5.63. The van der Waals surface area contributed by atoms with Crippen LogP contribution in [-0.2, 0) is 19.0 Å². The van der Waals surface area contributed by atoms with E-state index in [0.717, 1.165) is 11.3 Å². The third-order valence-electron chi connectivity index (χ3n) is 4.03. The first-order chi connectivity index (χ1) is 11.2. The van der Waals surface area contributed by atoms with Gasteiger partial charge < -0.3 is 24.3 Å². The quantitative estimate of drug-likeness (QED) is 0.816. The van der Waals surface area contributed by atoms with Gasteiger partial charge >= 0.3 is 0 Å². The molecule has 1 fully saturated rings. The molecule has 0 saturated carbocycles. The van der Waals surface area contributed by atoms with Gasteiger partial charge in [-0.15, -0.1) is 0 Å². The van der Waals surface area contributed by atoms with Gasteiger partial charge in [0.2, 0.25) is 0 Å². The van der Waals surface area contributed by atoms with E-state index >= 15 is 0 Å². The van der Waals surface area contributed by atoms with Gasteiger partial charge in [-0.25, -0.2) is 0 Å². The fourth-order valence-corrected chi connectivity index (χ4v) is 2.71. The second-order valence-electron chi connectivity index (χ2n) is 5.63. The summed E-state index contributed by atoms with van der Waals surface area (Å²) < 4.78 is 21.9. The number of hydrogen-bond donors (Lipinski definition) is 1. The average molecular weight is 323 g/mol. The molecule has 128 valence electrons. The van der Waals surface area contributed by atoms with Crippen molar-refractivity contribution in [1.82, 2.24) is 5.32 Å². The van der Waals surface area contributed by atoms with Crippen LogP contribution < -0.4 is 10.1 Å². The van der Waals surface area contributed by atoms with Crippen LogP contribution in [0.3, 0.4) is 0 Å². The highest BCUT2D eigenvalue weighted by atomic mass is 16.6. The summed E-state index contributed by atoms with van der Waals surface area (Å²) >= 11 is 0. The minimum atomic E-state index is -0.164. The third-order valence-corrected chi connectivity index (χ3v) is 4.03. The molecule has 1 aliphatic heterocycles. The fourth-order valence-electron chi connectivity index (χ4n) is 2.71. The number of methoxy groups -OCH3 is 2. The summed E-state index contributed by atoms with van der Waals surface area (Å²) in [7, 11) is 3.29. The van der Waals surface area contributed by atoms with Crippen LogP contribution in [-0.4, -0.2) is 58.7 Å². The normalized spacial score (nSPS) is 24.2. The van der Waals surface area contributed by atoms with Crippen LogP contribution in [0, 0.1) is 12.8 Å². The Morgan fingerprint density at radius 1 is 1.26 bits per heavy atom. The van der Waals surface area contributed by atoms with Crippen LogP contribution >= 0.6 is 0 Å². The van der Waals surface area contributed by atoms with Gasteiger partial charge in [0.05, 0.1) is 19.3 Å². The number of rotatable bonds is 7. The molecule has 0 bridgehead atoms. The molecular weight excluding hydrogens is 298 g/mol. The number of amides is 1. The van der Waals surface area contributed by atoms with Crippen molar-refractivity contribution in [2.75, 3.05) is 40.6 Å². The minimum absolute atomic E-state index is 0.0101. The average Bonchev–Trinajstić information content (AvgIpc) is 2.58. The van der Waals surface area contributed by atoms with Gasteiger partial charge in [-0.3, -0.25) is 4.79 Å². The summed E-state index contributed by atoms with van der Waals surface area (Å²) in [5.74, 6) is 0.613. The molecule has 6 heteroatoms. The molecule has 0 unspecified atom stereocenters. The fraction of sp³-hybridized carbons (Fsp3) is 0.588. The van der Waals surface area contributed by atoms with E-state index in [1.807, 2.05) is 31.2 Å². The Labute approximate surface area is 137 Å². The van der Waals surface area contributed by atoms with E-state index in [-0.39, 0.29) is 30.6 Å². The number of hydrogen-bond acceptors (Lipinski definition) is 5. The highest BCUT2D eigenvalue weighted by Gasteiger charge is 2.34. The van der Waals surface area contributed by atoms with Gasteiger partial charge in [0.25, 0.3) is 5.91 Å². The highest BCUT2D eigenvalue weighted by molar-refractivity contribution is 5.77. The molecule has 1 aliphatic rings. The van der Waals surface area contributed by atoms with E-state index in [9.17, 15) is 4.79 Å². The van der Waals surface area contributed by atoms with Crippen molar-refractivity contribution in [3.05, 3.63) is 29.8 Å². The number of ether oxygens (including phenoxy) is 4. The first-order valence-electron chi connectivity index (χ1n) is 7.74. The molecule has 1 aromatic carbocycles. The van der Waals surface area contributed by atoms with E-state index in [1.54, 1.807) is 14.2 Å². The molecule has 1 saturated heterocycles. The van der Waals surface area contributed by atoms with Crippen LogP contribution in [0.2, 0.25) is 0 Å². The van der Waals surface area contributed by atoms with Crippen LogP contribution in [0.1, 0.15) is 5.56 Å². The van der Waals surface area contributed by atoms with Crippen molar-refractivity contribution in [2.24, 2.45) is 5.92 Å². The molecule has 23 heavy (non-hydrogen) atoms. The Balaban J connectivity index is 1.78. The minimum Gasteiger partial charge on any atom is -0.484 e. The number of benzene rings is 1. The van der Waals surface area contributed by atoms with E-state index in [2.05, 4.69) is 5.32 Å². The Morgan fingerprint density at radius 3 is 2.74 bits per heavy atom. The first kappa shape index (κ1) is 17.7. The zero-order chi connectivity index (χ0) is 16.7. The summed E-state index contributed by atoms with van der Waals surface area (Å²) in [5, 5.41) is 2.87. The van der Waals surface area contributed by atoms with Gasteiger partial charge in [0.15, 0.2) is 6.61 Å². The van der Waals surface area contributed by atoms with Crippen molar-refractivity contribution in [3.8, 4) is 5.75 Å². The van der Waals surface area contributed by atoms with E-state index in [1.165, 1.54) is 0 Å². The molecule has 1 heterocycles. The summed E-state index contributed by atoms with van der Waals surface area (Å²) in [6, 6.07) is 7.61. The van der Waals surface area contributed by atoms with Crippen LogP contribution in [0.15, 0.2) is 24.3 Å². The molecule has 2 rings (SSSR count). The van der Waals surface area contributed by atoms with Gasteiger partial charge in [0, 0.05) is 26.7 Å². The molecule has 0 aliphatic carbocycles. The van der Waals surface area contributed by atoms with E-state index in [0.29, 0.717) is 19.8 Å². The first-order valence-corrected chi connectivity index (χ1v) is 7.74. The van der Waals surface area contributed by atoms with Crippen molar-refractivity contribution in [2.45, 2.75) is 19.1 Å². The molecule has 0 spiro atoms. The van der Waals surface area contributed by atoms with Crippen LogP contribution in [0.5, 0.6) is 5.75 Å².